The quantitative estimate of drug-likeness (QED) is 0.0613. The molecule has 13 heteroatoms. The number of hydrogen-bond acceptors (Lipinski definition) is 6. The molecule has 0 aliphatic carbocycles. The summed E-state index contributed by atoms with van der Waals surface area (Å²) in [6, 6.07) is 12.3. The van der Waals surface area contributed by atoms with E-state index in [9.17, 15) is 24.3 Å². The summed E-state index contributed by atoms with van der Waals surface area (Å²) in [6.45, 7) is 3.97. The van der Waals surface area contributed by atoms with E-state index in [1.165, 1.54) is 0 Å². The highest BCUT2D eigenvalue weighted by molar-refractivity contribution is 5.95. The van der Waals surface area contributed by atoms with E-state index in [-0.39, 0.29) is 37.7 Å². The molecule has 0 aliphatic heterocycles. The number of aromatic amines is 1. The molecule has 5 atom stereocenters. The second-order valence-corrected chi connectivity index (χ2v) is 11.1. The zero-order valence-electron chi connectivity index (χ0n) is 25.7. The Kier molecular flexibility index (Phi) is 12.9. The fraction of sp³-hybridized carbons (Fsp3) is 0.406. The number of guanidine groups is 1. The molecule has 0 aliphatic rings. The first-order valence-electron chi connectivity index (χ1n) is 15.0. The molecule has 13 nitrogen and oxygen atoms in total. The minimum Gasteiger partial charge on any atom is -0.480 e. The van der Waals surface area contributed by atoms with E-state index < -0.39 is 47.9 Å². The van der Waals surface area contributed by atoms with Crippen LogP contribution >= 0.6 is 0 Å². The van der Waals surface area contributed by atoms with Crippen LogP contribution in [-0.2, 0) is 32.0 Å². The van der Waals surface area contributed by atoms with Gasteiger partial charge in [-0.1, -0.05) is 68.8 Å². The Bertz CT molecular complexity index is 1470. The van der Waals surface area contributed by atoms with Crippen LogP contribution in [-0.4, -0.2) is 70.5 Å². The number of carbonyl (C=O) groups is 4. The van der Waals surface area contributed by atoms with Crippen molar-refractivity contribution in [1.29, 1.82) is 0 Å². The Morgan fingerprint density at radius 3 is 2.11 bits per heavy atom. The summed E-state index contributed by atoms with van der Waals surface area (Å²) in [5.41, 5.74) is 19.3. The number of hydrogen-bond donors (Lipinski definition) is 8. The number of carboxylic acid groups (broad SMARTS) is 1. The molecule has 3 aromatic rings. The van der Waals surface area contributed by atoms with Gasteiger partial charge in [0.15, 0.2) is 5.96 Å². The number of nitrogens with one attached hydrogen (secondary N) is 4. The van der Waals surface area contributed by atoms with Crippen molar-refractivity contribution in [3.8, 4) is 0 Å². The summed E-state index contributed by atoms with van der Waals surface area (Å²) in [5.74, 6) is -3.26. The SMILES string of the molecule is CCC(C)C(N)C(=O)NC(Cc1c[nH]c2ccccc12)C(=O)NC(Cc1ccccc1)C(=O)NC(CCCN=C(N)N)C(=O)O. The first kappa shape index (κ1) is 34.6. The third kappa shape index (κ3) is 10.3. The highest BCUT2D eigenvalue weighted by Gasteiger charge is 2.31. The topological polar surface area (TPSA) is 231 Å². The lowest BCUT2D eigenvalue weighted by Gasteiger charge is -2.26. The number of benzene rings is 2. The maximum Gasteiger partial charge on any atom is 0.326 e. The van der Waals surface area contributed by atoms with Gasteiger partial charge < -0.3 is 43.2 Å². The van der Waals surface area contributed by atoms with Crippen LogP contribution in [0, 0.1) is 5.92 Å². The molecule has 0 saturated heterocycles. The molecule has 242 valence electrons. The van der Waals surface area contributed by atoms with E-state index in [1.54, 1.807) is 30.5 Å². The van der Waals surface area contributed by atoms with E-state index in [4.69, 9.17) is 17.2 Å². The average Bonchev–Trinajstić information content (AvgIpc) is 3.43. The molecule has 0 radical (unpaired) electrons. The lowest BCUT2D eigenvalue weighted by molar-refractivity contribution is -0.142. The second kappa shape index (κ2) is 16.8. The Morgan fingerprint density at radius 2 is 1.47 bits per heavy atom. The third-order valence-electron chi connectivity index (χ3n) is 7.77. The van der Waals surface area contributed by atoms with Crippen molar-refractivity contribution in [3.63, 3.8) is 0 Å². The molecule has 5 unspecified atom stereocenters. The van der Waals surface area contributed by atoms with Crippen molar-refractivity contribution in [1.82, 2.24) is 20.9 Å². The van der Waals surface area contributed by atoms with Crippen molar-refractivity contribution in [2.75, 3.05) is 6.54 Å². The summed E-state index contributed by atoms with van der Waals surface area (Å²) in [6.07, 6.45) is 3.02. The summed E-state index contributed by atoms with van der Waals surface area (Å²) < 4.78 is 0. The average molecular weight is 621 g/mol. The molecule has 45 heavy (non-hydrogen) atoms. The number of H-pyrrole nitrogens is 1. The number of carbonyl (C=O) groups excluding carboxylic acids is 3. The number of nitrogens with zero attached hydrogens (tertiary/aromatic N) is 1. The van der Waals surface area contributed by atoms with Crippen molar-refractivity contribution in [2.45, 2.75) is 70.1 Å². The molecule has 0 fully saturated rings. The van der Waals surface area contributed by atoms with Gasteiger partial charge in [0.25, 0.3) is 0 Å². The highest BCUT2D eigenvalue weighted by Crippen LogP contribution is 2.20. The molecule has 11 N–H and O–H groups in total. The number of para-hydroxylation sites is 1. The first-order chi connectivity index (χ1) is 21.5. The van der Waals surface area contributed by atoms with Crippen LogP contribution in [0.5, 0.6) is 0 Å². The summed E-state index contributed by atoms with van der Waals surface area (Å²) in [5, 5.41) is 18.8. The largest absolute Gasteiger partial charge is 0.480 e. The molecule has 0 spiro atoms. The number of aliphatic imine (C=N–C) groups is 1. The van der Waals surface area contributed by atoms with E-state index >= 15 is 0 Å². The predicted molar refractivity (Wildman–Crippen MR) is 173 cm³/mol. The molecule has 1 heterocycles. The van der Waals surface area contributed by atoms with Crippen molar-refractivity contribution >= 4 is 40.6 Å². The van der Waals surface area contributed by atoms with Crippen molar-refractivity contribution in [2.24, 2.45) is 28.1 Å². The predicted octanol–water partition coefficient (Wildman–Crippen LogP) is 0.919. The van der Waals surface area contributed by atoms with E-state index in [0.29, 0.717) is 12.8 Å². The van der Waals surface area contributed by atoms with E-state index in [2.05, 4.69) is 25.9 Å². The number of carboxylic acids is 1. The maximum absolute atomic E-state index is 13.9. The Hall–Kier alpha value is -4.91. The Labute approximate surface area is 262 Å². The van der Waals surface area contributed by atoms with Gasteiger partial charge >= 0.3 is 5.97 Å². The fourth-order valence-corrected chi connectivity index (χ4v) is 4.87. The van der Waals surface area contributed by atoms with Gasteiger partial charge in [0.2, 0.25) is 17.7 Å². The van der Waals surface area contributed by atoms with E-state index in [1.807, 2.05) is 44.2 Å². The maximum atomic E-state index is 13.9. The first-order valence-corrected chi connectivity index (χ1v) is 15.0. The van der Waals surface area contributed by atoms with Crippen LogP contribution in [0.3, 0.4) is 0 Å². The van der Waals surface area contributed by atoms with Gasteiger partial charge in [-0.25, -0.2) is 4.79 Å². The molecule has 1 aromatic heterocycles. The molecule has 0 bridgehead atoms. The minimum atomic E-state index is -1.24. The van der Waals surface area contributed by atoms with Crippen LogP contribution in [0.1, 0.15) is 44.2 Å². The van der Waals surface area contributed by atoms with Gasteiger partial charge in [-0.3, -0.25) is 19.4 Å². The summed E-state index contributed by atoms with van der Waals surface area (Å²) in [7, 11) is 0. The number of aromatic nitrogens is 1. The fourth-order valence-electron chi connectivity index (χ4n) is 4.87. The Balaban J connectivity index is 1.86. The normalized spacial score (nSPS) is 14.4. The minimum absolute atomic E-state index is 0.0661. The molecular formula is C32H44N8O5. The third-order valence-corrected chi connectivity index (χ3v) is 7.77. The highest BCUT2D eigenvalue weighted by atomic mass is 16.4. The zero-order chi connectivity index (χ0) is 32.9. The van der Waals surface area contributed by atoms with Gasteiger partial charge in [-0.2, -0.15) is 0 Å². The number of aliphatic carboxylic acids is 1. The van der Waals surface area contributed by atoms with Crippen LogP contribution in [0.2, 0.25) is 0 Å². The van der Waals surface area contributed by atoms with Gasteiger partial charge in [0.1, 0.15) is 18.1 Å². The molecule has 3 rings (SSSR count). The molecule has 2 aromatic carbocycles. The standard InChI is InChI=1S/C32H44N8O5/c1-3-19(2)27(33)30(43)40-26(17-21-18-37-23-13-8-7-12-22(21)23)29(42)39-25(16-20-10-5-4-6-11-20)28(41)38-24(31(44)45)14-9-15-36-32(34)35/h4-8,10-13,18-19,24-27,37H,3,9,14-17,33H2,1-2H3,(H,38,41)(H,39,42)(H,40,43)(H,44,45)(H4,34,35,36). The smallest absolute Gasteiger partial charge is 0.326 e. The van der Waals surface area contributed by atoms with Crippen molar-refractivity contribution in [3.05, 3.63) is 71.9 Å². The monoisotopic (exact) mass is 620 g/mol. The van der Waals surface area contributed by atoms with Gasteiger partial charge in [0.05, 0.1) is 6.04 Å². The van der Waals surface area contributed by atoms with E-state index in [0.717, 1.165) is 22.0 Å². The van der Waals surface area contributed by atoms with Crippen LogP contribution in [0.4, 0.5) is 0 Å². The summed E-state index contributed by atoms with van der Waals surface area (Å²) >= 11 is 0. The van der Waals surface area contributed by atoms with Crippen LogP contribution in [0.15, 0.2) is 65.8 Å². The molecular weight excluding hydrogens is 576 g/mol. The second-order valence-electron chi connectivity index (χ2n) is 11.1. The zero-order valence-corrected chi connectivity index (χ0v) is 25.7. The number of amides is 3. The Morgan fingerprint density at radius 1 is 0.867 bits per heavy atom. The lowest BCUT2D eigenvalue weighted by Crippen LogP contribution is -2.58. The van der Waals surface area contributed by atoms with Gasteiger partial charge in [-0.05, 0) is 36.0 Å². The number of rotatable bonds is 17. The van der Waals surface area contributed by atoms with Gasteiger partial charge in [-0.15, -0.1) is 0 Å². The number of nitrogens with two attached hydrogens (primary N) is 3. The summed E-state index contributed by atoms with van der Waals surface area (Å²) in [4.78, 5) is 59.6. The van der Waals surface area contributed by atoms with Crippen LogP contribution < -0.4 is 33.2 Å². The lowest BCUT2D eigenvalue weighted by atomic mass is 9.98. The van der Waals surface area contributed by atoms with Gasteiger partial charge in [0, 0.05) is 36.5 Å². The number of fused-ring (bicyclic) bond motifs is 1. The molecule has 0 saturated carbocycles. The van der Waals surface area contributed by atoms with Crippen molar-refractivity contribution < 1.29 is 24.3 Å². The molecule has 3 amide bonds. The van der Waals surface area contributed by atoms with Crippen LogP contribution in [0.25, 0.3) is 10.9 Å².